The minimum atomic E-state index is -0.828. The van der Waals surface area contributed by atoms with Crippen LogP contribution in [0.1, 0.15) is 34.1 Å². The zero-order valence-electron chi connectivity index (χ0n) is 13.5. The number of hydrogen-bond acceptors (Lipinski definition) is 7. The molecule has 132 valence electrons. The summed E-state index contributed by atoms with van der Waals surface area (Å²) in [5.41, 5.74) is 0.602. The number of hydrogen-bond donors (Lipinski definition) is 3. The molecule has 0 aliphatic carbocycles. The second-order valence-corrected chi connectivity index (χ2v) is 6.12. The van der Waals surface area contributed by atoms with Gasteiger partial charge in [-0.25, -0.2) is 9.48 Å². The van der Waals surface area contributed by atoms with Gasteiger partial charge in [-0.1, -0.05) is 0 Å². The van der Waals surface area contributed by atoms with E-state index >= 15 is 0 Å². The van der Waals surface area contributed by atoms with E-state index in [0.29, 0.717) is 16.4 Å². The topological polar surface area (TPSA) is 114 Å². The van der Waals surface area contributed by atoms with Crippen molar-refractivity contribution < 1.29 is 19.1 Å². The van der Waals surface area contributed by atoms with Crippen LogP contribution >= 0.6 is 11.3 Å². The Morgan fingerprint density at radius 1 is 1.36 bits per heavy atom. The lowest BCUT2D eigenvalue weighted by Gasteiger charge is -2.16. The molecule has 3 amide bonds. The number of thiophene rings is 1. The van der Waals surface area contributed by atoms with E-state index in [1.165, 1.54) is 23.6 Å². The highest BCUT2D eigenvalue weighted by atomic mass is 32.1. The van der Waals surface area contributed by atoms with Crippen molar-refractivity contribution in [2.75, 3.05) is 23.8 Å². The molecule has 0 bridgehead atoms. The van der Waals surface area contributed by atoms with Crippen molar-refractivity contribution >= 4 is 40.1 Å². The van der Waals surface area contributed by atoms with Gasteiger partial charge >= 0.3 is 6.09 Å². The van der Waals surface area contributed by atoms with E-state index in [1.807, 2.05) is 0 Å². The zero-order chi connectivity index (χ0) is 17.8. The summed E-state index contributed by atoms with van der Waals surface area (Å²) in [5, 5.41) is 14.1. The average Bonchev–Trinajstić information content (AvgIpc) is 3.21. The molecule has 2 aromatic rings. The van der Waals surface area contributed by atoms with Crippen LogP contribution in [-0.4, -0.2) is 40.8 Å². The van der Waals surface area contributed by atoms with Gasteiger partial charge in [-0.15, -0.1) is 11.3 Å². The number of imide groups is 1. The molecule has 0 aromatic carbocycles. The second kappa shape index (κ2) is 7.34. The van der Waals surface area contributed by atoms with Crippen molar-refractivity contribution in [2.45, 2.75) is 19.9 Å². The molecule has 25 heavy (non-hydrogen) atoms. The van der Waals surface area contributed by atoms with Gasteiger partial charge in [0.15, 0.2) is 0 Å². The lowest BCUT2D eigenvalue weighted by molar-refractivity contribution is 0.0926. The summed E-state index contributed by atoms with van der Waals surface area (Å²) in [5.74, 6) is -0.341. The molecule has 1 aliphatic heterocycles. The number of amides is 3. The quantitative estimate of drug-likeness (QED) is 0.764. The number of aryl methyl sites for hydroxylation is 1. The third kappa shape index (κ3) is 3.63. The molecule has 0 saturated heterocycles. The van der Waals surface area contributed by atoms with Crippen LogP contribution in [0.15, 0.2) is 17.6 Å². The summed E-state index contributed by atoms with van der Waals surface area (Å²) in [7, 11) is 0. The Kier molecular flexibility index (Phi) is 4.98. The number of alkyl carbamates (subject to hydrolysis) is 1. The summed E-state index contributed by atoms with van der Waals surface area (Å²) >= 11 is 1.19. The predicted octanol–water partition coefficient (Wildman–Crippen LogP) is 1.90. The van der Waals surface area contributed by atoms with Crippen LogP contribution in [0.3, 0.4) is 0 Å². The first-order valence-corrected chi connectivity index (χ1v) is 8.64. The predicted molar refractivity (Wildman–Crippen MR) is 92.1 cm³/mol. The van der Waals surface area contributed by atoms with Gasteiger partial charge in [-0.2, -0.15) is 5.10 Å². The Morgan fingerprint density at radius 2 is 2.20 bits per heavy atom. The Morgan fingerprint density at radius 3 is 3.00 bits per heavy atom. The fourth-order valence-electron chi connectivity index (χ4n) is 2.43. The molecule has 3 rings (SSSR count). The fraction of sp³-hybridized carbons (Fsp3) is 0.333. The number of rotatable bonds is 4. The van der Waals surface area contributed by atoms with Gasteiger partial charge in [-0.05, 0) is 24.8 Å². The number of nitrogens with one attached hydrogen (secondary N) is 3. The standard InChI is InChI=1S/C15H17N5O4S/c1-2-24-15(23)19-12(21)9-4-7-25-14(9)18-13(22)10-8-17-20-6-3-5-16-11(10)20/h4,7-8,16H,2-3,5-6H2,1H3,(H,18,22)(H,19,21,23). The van der Waals surface area contributed by atoms with E-state index in [-0.39, 0.29) is 18.1 Å². The minimum absolute atomic E-state index is 0.159. The monoisotopic (exact) mass is 363 g/mol. The van der Waals surface area contributed by atoms with Gasteiger partial charge in [0, 0.05) is 13.1 Å². The van der Waals surface area contributed by atoms with Gasteiger partial charge in [0.1, 0.15) is 16.4 Å². The van der Waals surface area contributed by atoms with Crippen molar-refractivity contribution in [1.29, 1.82) is 0 Å². The lowest BCUT2D eigenvalue weighted by atomic mass is 10.2. The molecule has 10 heteroatoms. The van der Waals surface area contributed by atoms with Crippen LogP contribution in [-0.2, 0) is 11.3 Å². The number of carbonyl (C=O) groups is 3. The third-order valence-electron chi connectivity index (χ3n) is 3.55. The van der Waals surface area contributed by atoms with Crippen molar-refractivity contribution in [3.8, 4) is 0 Å². The molecule has 1 aliphatic rings. The van der Waals surface area contributed by atoms with E-state index in [2.05, 4.69) is 25.8 Å². The van der Waals surface area contributed by atoms with Crippen molar-refractivity contribution in [1.82, 2.24) is 15.1 Å². The Bertz CT molecular complexity index is 813. The van der Waals surface area contributed by atoms with Crippen LogP contribution in [0.5, 0.6) is 0 Å². The highest BCUT2D eigenvalue weighted by molar-refractivity contribution is 7.14. The minimum Gasteiger partial charge on any atom is -0.450 e. The maximum absolute atomic E-state index is 12.5. The summed E-state index contributed by atoms with van der Waals surface area (Å²) in [4.78, 5) is 36.0. The van der Waals surface area contributed by atoms with Gasteiger partial charge in [0.2, 0.25) is 0 Å². The number of aromatic nitrogens is 2. The van der Waals surface area contributed by atoms with E-state index in [9.17, 15) is 14.4 Å². The highest BCUT2D eigenvalue weighted by Crippen LogP contribution is 2.26. The van der Waals surface area contributed by atoms with Crippen LogP contribution in [0.4, 0.5) is 15.6 Å². The first kappa shape index (κ1) is 17.0. The van der Waals surface area contributed by atoms with Crippen molar-refractivity contribution in [3.63, 3.8) is 0 Å². The zero-order valence-corrected chi connectivity index (χ0v) is 14.3. The van der Waals surface area contributed by atoms with Gasteiger partial charge in [0.25, 0.3) is 11.8 Å². The van der Waals surface area contributed by atoms with E-state index in [0.717, 1.165) is 19.5 Å². The molecule has 0 spiro atoms. The van der Waals surface area contributed by atoms with E-state index in [4.69, 9.17) is 0 Å². The summed E-state index contributed by atoms with van der Waals surface area (Å²) in [6.45, 7) is 3.33. The molecule has 0 atom stereocenters. The third-order valence-corrected chi connectivity index (χ3v) is 4.38. The maximum Gasteiger partial charge on any atom is 0.414 e. The lowest BCUT2D eigenvalue weighted by Crippen LogP contribution is -2.31. The molecular weight excluding hydrogens is 346 g/mol. The van der Waals surface area contributed by atoms with Crippen LogP contribution in [0.2, 0.25) is 0 Å². The SMILES string of the molecule is CCOC(=O)NC(=O)c1ccsc1NC(=O)c1cnn2c1NCCC2. The Balaban J connectivity index is 1.73. The first-order chi connectivity index (χ1) is 12.1. The smallest absolute Gasteiger partial charge is 0.414 e. The number of carbonyl (C=O) groups excluding carboxylic acids is 3. The highest BCUT2D eigenvalue weighted by Gasteiger charge is 2.22. The molecule has 0 saturated carbocycles. The number of anilines is 2. The normalized spacial score (nSPS) is 12.7. The van der Waals surface area contributed by atoms with Crippen LogP contribution < -0.4 is 16.0 Å². The van der Waals surface area contributed by atoms with E-state index in [1.54, 1.807) is 17.0 Å². The van der Waals surface area contributed by atoms with Crippen LogP contribution in [0.25, 0.3) is 0 Å². The summed E-state index contributed by atoms with van der Waals surface area (Å²) in [6.07, 6.45) is 1.61. The molecule has 3 heterocycles. The number of nitrogens with zero attached hydrogens (tertiary/aromatic N) is 2. The molecule has 0 fully saturated rings. The largest absolute Gasteiger partial charge is 0.450 e. The fourth-order valence-corrected chi connectivity index (χ4v) is 3.21. The first-order valence-electron chi connectivity index (χ1n) is 7.76. The molecule has 0 radical (unpaired) electrons. The number of ether oxygens (including phenoxy) is 1. The van der Waals surface area contributed by atoms with Gasteiger partial charge in [0.05, 0.1) is 18.4 Å². The molecule has 2 aromatic heterocycles. The van der Waals surface area contributed by atoms with Crippen molar-refractivity contribution in [2.24, 2.45) is 0 Å². The molecule has 3 N–H and O–H groups in total. The molecule has 0 unspecified atom stereocenters. The second-order valence-electron chi connectivity index (χ2n) is 5.20. The maximum atomic E-state index is 12.5. The average molecular weight is 363 g/mol. The van der Waals surface area contributed by atoms with Gasteiger partial charge in [-0.3, -0.25) is 14.9 Å². The van der Waals surface area contributed by atoms with Gasteiger partial charge < -0.3 is 15.4 Å². The van der Waals surface area contributed by atoms with Crippen LogP contribution in [0, 0.1) is 0 Å². The summed E-state index contributed by atoms with van der Waals surface area (Å²) < 4.78 is 6.42. The Hall–Kier alpha value is -2.88. The van der Waals surface area contributed by atoms with Crippen molar-refractivity contribution in [3.05, 3.63) is 28.8 Å². The molecule has 9 nitrogen and oxygen atoms in total. The molecular formula is C15H17N5O4S. The summed E-state index contributed by atoms with van der Waals surface area (Å²) in [6, 6.07) is 1.53. The van der Waals surface area contributed by atoms with E-state index < -0.39 is 12.0 Å². The Labute approximate surface area is 147 Å². The number of fused-ring (bicyclic) bond motifs is 1.